The molecule has 25 heavy (non-hydrogen) atoms. The highest BCUT2D eigenvalue weighted by molar-refractivity contribution is 5.98. The van der Waals surface area contributed by atoms with Crippen LogP contribution in [0.4, 0.5) is 0 Å². The summed E-state index contributed by atoms with van der Waals surface area (Å²) in [5.41, 5.74) is 6.01. The zero-order valence-electron chi connectivity index (χ0n) is 16.2. The summed E-state index contributed by atoms with van der Waals surface area (Å²) in [6.07, 6.45) is 12.5. The van der Waals surface area contributed by atoms with Crippen LogP contribution in [-0.2, 0) is 9.59 Å². The Balaban J connectivity index is 3.78. The third kappa shape index (κ3) is 14.0. The Hall–Kier alpha value is -0.940. The lowest BCUT2D eigenvalue weighted by molar-refractivity contribution is -0.147. The van der Waals surface area contributed by atoms with E-state index in [1.54, 1.807) is 0 Å². The number of nitrogens with two attached hydrogens (primary N) is 1. The van der Waals surface area contributed by atoms with E-state index in [0.717, 1.165) is 19.3 Å². The molecule has 3 atom stereocenters. The predicted molar refractivity (Wildman–Crippen MR) is 101 cm³/mol. The maximum absolute atomic E-state index is 11.9. The van der Waals surface area contributed by atoms with Crippen molar-refractivity contribution < 1.29 is 19.8 Å². The van der Waals surface area contributed by atoms with Gasteiger partial charge < -0.3 is 15.9 Å². The van der Waals surface area contributed by atoms with Crippen LogP contribution in [0.15, 0.2) is 0 Å². The lowest BCUT2D eigenvalue weighted by Gasteiger charge is -2.17. The van der Waals surface area contributed by atoms with Crippen LogP contribution in [0.5, 0.6) is 0 Å². The first-order valence-corrected chi connectivity index (χ1v) is 10.1. The van der Waals surface area contributed by atoms with Gasteiger partial charge in [-0.05, 0) is 19.8 Å². The van der Waals surface area contributed by atoms with E-state index in [9.17, 15) is 19.8 Å². The van der Waals surface area contributed by atoms with Crippen LogP contribution in [0.25, 0.3) is 0 Å². The Morgan fingerprint density at radius 2 is 1.40 bits per heavy atom. The van der Waals surface area contributed by atoms with Crippen molar-refractivity contribution in [3.63, 3.8) is 0 Å². The number of carbonyl (C=O) groups excluding carboxylic acids is 1. The predicted octanol–water partition coefficient (Wildman–Crippen LogP) is 4.06. The van der Waals surface area contributed by atoms with Crippen molar-refractivity contribution in [3.8, 4) is 0 Å². The highest BCUT2D eigenvalue weighted by Gasteiger charge is 2.28. The van der Waals surface area contributed by atoms with Gasteiger partial charge in [0.05, 0.1) is 6.10 Å². The maximum Gasteiger partial charge on any atom is 0.314 e. The third-order valence-electron chi connectivity index (χ3n) is 4.65. The number of ketones is 1. The van der Waals surface area contributed by atoms with Gasteiger partial charge in [0.2, 0.25) is 0 Å². The zero-order chi connectivity index (χ0) is 19.1. The molecule has 0 aliphatic rings. The molecule has 0 saturated heterocycles. The van der Waals surface area contributed by atoms with E-state index < -0.39 is 23.8 Å². The molecular formula is C20H39NO4. The van der Waals surface area contributed by atoms with Gasteiger partial charge in [0, 0.05) is 12.5 Å². The molecule has 0 bridgehead atoms. The summed E-state index contributed by atoms with van der Waals surface area (Å²) < 4.78 is 0. The van der Waals surface area contributed by atoms with Gasteiger partial charge >= 0.3 is 5.97 Å². The fourth-order valence-electron chi connectivity index (χ4n) is 3.12. The molecule has 0 spiro atoms. The molecule has 3 unspecified atom stereocenters. The Labute approximate surface area is 153 Å². The number of aliphatic carboxylic acids is 1. The number of hydrogen-bond acceptors (Lipinski definition) is 4. The Morgan fingerprint density at radius 1 is 0.920 bits per heavy atom. The van der Waals surface area contributed by atoms with Crippen LogP contribution >= 0.6 is 0 Å². The quantitative estimate of drug-likeness (QED) is 0.269. The van der Waals surface area contributed by atoms with Gasteiger partial charge in [-0.2, -0.15) is 0 Å². The molecular weight excluding hydrogens is 318 g/mol. The van der Waals surface area contributed by atoms with Crippen molar-refractivity contribution in [1.82, 2.24) is 0 Å². The second-order valence-electron chi connectivity index (χ2n) is 7.38. The van der Waals surface area contributed by atoms with E-state index >= 15 is 0 Å². The molecule has 0 aliphatic carbocycles. The normalized spacial score (nSPS) is 14.9. The van der Waals surface area contributed by atoms with Gasteiger partial charge in [-0.1, -0.05) is 71.1 Å². The molecule has 4 N–H and O–H groups in total. The molecule has 0 radical (unpaired) electrons. The zero-order valence-corrected chi connectivity index (χ0v) is 16.2. The van der Waals surface area contributed by atoms with Crippen LogP contribution in [0.1, 0.15) is 97.3 Å². The summed E-state index contributed by atoms with van der Waals surface area (Å²) in [7, 11) is 0. The Bertz CT molecular complexity index is 358. The van der Waals surface area contributed by atoms with Crippen molar-refractivity contribution in [2.75, 3.05) is 0 Å². The van der Waals surface area contributed by atoms with Gasteiger partial charge in [0.15, 0.2) is 0 Å². The highest BCUT2D eigenvalue weighted by Crippen LogP contribution is 2.16. The van der Waals surface area contributed by atoms with Crippen LogP contribution in [-0.4, -0.2) is 34.1 Å². The van der Waals surface area contributed by atoms with Crippen molar-refractivity contribution in [2.45, 2.75) is 109 Å². The molecule has 0 rings (SSSR count). The largest absolute Gasteiger partial charge is 0.481 e. The standard InChI is InChI=1S/C20H39NO4/c1-3-4-5-6-7-8-9-10-11-12-13-17(21)15-18(20(24)25)19(23)14-16(2)22/h16-18,22H,3-15,21H2,1-2H3,(H,24,25). The van der Waals surface area contributed by atoms with E-state index in [4.69, 9.17) is 5.73 Å². The Morgan fingerprint density at radius 3 is 1.84 bits per heavy atom. The van der Waals surface area contributed by atoms with Crippen molar-refractivity contribution in [1.29, 1.82) is 0 Å². The molecule has 0 aromatic heterocycles. The summed E-state index contributed by atoms with van der Waals surface area (Å²) in [5.74, 6) is -2.65. The van der Waals surface area contributed by atoms with Crippen molar-refractivity contribution >= 4 is 11.8 Å². The Kier molecular flexibility index (Phi) is 14.7. The molecule has 0 fully saturated rings. The number of aliphatic hydroxyl groups is 1. The van der Waals surface area contributed by atoms with Gasteiger partial charge in [-0.3, -0.25) is 9.59 Å². The van der Waals surface area contributed by atoms with Gasteiger partial charge in [-0.25, -0.2) is 0 Å². The lowest BCUT2D eigenvalue weighted by atomic mass is 9.91. The molecule has 0 heterocycles. The summed E-state index contributed by atoms with van der Waals surface area (Å²) in [5, 5.41) is 18.4. The molecule has 148 valence electrons. The number of carboxylic acids is 1. The van der Waals surface area contributed by atoms with E-state index in [2.05, 4.69) is 6.92 Å². The number of Topliss-reactive ketones (excluding diaryl/α,β-unsaturated/α-hetero) is 1. The second-order valence-corrected chi connectivity index (χ2v) is 7.38. The van der Waals surface area contributed by atoms with E-state index in [1.165, 1.54) is 58.3 Å². The third-order valence-corrected chi connectivity index (χ3v) is 4.65. The average molecular weight is 358 g/mol. The topological polar surface area (TPSA) is 101 Å². The molecule has 0 aromatic rings. The first-order chi connectivity index (χ1) is 11.9. The molecule has 0 aromatic carbocycles. The van der Waals surface area contributed by atoms with Crippen molar-refractivity contribution in [2.24, 2.45) is 11.7 Å². The number of aliphatic hydroxyl groups excluding tert-OH is 1. The molecule has 0 amide bonds. The van der Waals surface area contributed by atoms with Crippen LogP contribution < -0.4 is 5.73 Å². The van der Waals surface area contributed by atoms with Crippen molar-refractivity contribution in [3.05, 3.63) is 0 Å². The minimum Gasteiger partial charge on any atom is -0.481 e. The van der Waals surface area contributed by atoms with Gasteiger partial charge in [0.25, 0.3) is 0 Å². The first-order valence-electron chi connectivity index (χ1n) is 10.1. The smallest absolute Gasteiger partial charge is 0.314 e. The van der Waals surface area contributed by atoms with Gasteiger partial charge in [0.1, 0.15) is 11.7 Å². The van der Waals surface area contributed by atoms with Gasteiger partial charge in [-0.15, -0.1) is 0 Å². The minimum absolute atomic E-state index is 0.123. The molecule has 0 saturated carbocycles. The first kappa shape index (κ1) is 24.1. The fourth-order valence-corrected chi connectivity index (χ4v) is 3.12. The molecule has 5 heteroatoms. The fraction of sp³-hybridized carbons (Fsp3) is 0.900. The number of unbranched alkanes of at least 4 members (excludes halogenated alkanes) is 9. The van der Waals surface area contributed by atoms with E-state index in [1.807, 2.05) is 0 Å². The van der Waals surface area contributed by atoms with Crippen LogP contribution in [0, 0.1) is 5.92 Å². The van der Waals surface area contributed by atoms with E-state index in [-0.39, 0.29) is 18.9 Å². The summed E-state index contributed by atoms with van der Waals surface area (Å²) in [6.45, 7) is 3.72. The van der Waals surface area contributed by atoms with Crippen LogP contribution in [0.2, 0.25) is 0 Å². The number of carbonyl (C=O) groups is 2. The highest BCUT2D eigenvalue weighted by atomic mass is 16.4. The number of hydrogen-bond donors (Lipinski definition) is 3. The lowest BCUT2D eigenvalue weighted by Crippen LogP contribution is -2.33. The summed E-state index contributed by atoms with van der Waals surface area (Å²) >= 11 is 0. The second kappa shape index (κ2) is 15.3. The minimum atomic E-state index is -1.14. The molecule has 5 nitrogen and oxygen atoms in total. The maximum atomic E-state index is 11.9. The number of carboxylic acid groups (broad SMARTS) is 1. The van der Waals surface area contributed by atoms with Crippen LogP contribution in [0.3, 0.4) is 0 Å². The number of rotatable bonds is 17. The monoisotopic (exact) mass is 357 g/mol. The summed E-state index contributed by atoms with van der Waals surface area (Å²) in [4.78, 5) is 23.1. The average Bonchev–Trinajstić information content (AvgIpc) is 2.53. The van der Waals surface area contributed by atoms with E-state index in [0.29, 0.717) is 0 Å². The summed E-state index contributed by atoms with van der Waals surface area (Å²) in [6, 6.07) is -0.270. The SMILES string of the molecule is CCCCCCCCCCCCC(N)CC(C(=O)O)C(=O)CC(C)O. The molecule has 0 aliphatic heterocycles.